The van der Waals surface area contributed by atoms with Crippen molar-refractivity contribution < 1.29 is 9.90 Å². The lowest BCUT2D eigenvalue weighted by molar-refractivity contribution is 0.0683. The fourth-order valence-electron chi connectivity index (χ4n) is 1.61. The van der Waals surface area contributed by atoms with Crippen LogP contribution in [0.2, 0.25) is 0 Å². The highest BCUT2D eigenvalue weighted by Crippen LogP contribution is 2.14. The van der Waals surface area contributed by atoms with Crippen molar-refractivity contribution in [2.45, 2.75) is 19.8 Å². The number of carboxylic acids is 1. The second-order valence-corrected chi connectivity index (χ2v) is 5.04. The monoisotopic (exact) mass is 357 g/mol. The van der Waals surface area contributed by atoms with Crippen molar-refractivity contribution in [3.8, 4) is 5.69 Å². The maximum Gasteiger partial charge on any atom is 0.375 e. The number of aromatic nitrogens is 3. The van der Waals surface area contributed by atoms with Crippen LogP contribution in [0.5, 0.6) is 0 Å². The van der Waals surface area contributed by atoms with Crippen LogP contribution in [0.25, 0.3) is 5.69 Å². The summed E-state index contributed by atoms with van der Waals surface area (Å²) in [6, 6.07) is 7.71. The Bertz CT molecular complexity index is 563. The average Bonchev–Trinajstić information content (AvgIpc) is 2.75. The minimum atomic E-state index is -1.10. The van der Waals surface area contributed by atoms with Crippen LogP contribution in [-0.2, 0) is 6.42 Å². The van der Waals surface area contributed by atoms with Gasteiger partial charge in [0.2, 0.25) is 0 Å². The van der Waals surface area contributed by atoms with E-state index in [4.69, 9.17) is 5.11 Å². The molecule has 0 aliphatic heterocycles. The summed E-state index contributed by atoms with van der Waals surface area (Å²) >= 11 is 2.22. The first-order valence-corrected chi connectivity index (χ1v) is 6.65. The lowest BCUT2D eigenvalue weighted by Gasteiger charge is -2.04. The van der Waals surface area contributed by atoms with E-state index in [2.05, 4.69) is 32.7 Å². The Labute approximate surface area is 118 Å². The third-order valence-corrected chi connectivity index (χ3v) is 3.13. The van der Waals surface area contributed by atoms with Crippen molar-refractivity contribution in [3.05, 3.63) is 39.5 Å². The molecular weight excluding hydrogens is 345 g/mol. The molecule has 0 unspecified atom stereocenters. The van der Waals surface area contributed by atoms with E-state index in [0.29, 0.717) is 12.2 Å². The molecule has 2 aromatic rings. The summed E-state index contributed by atoms with van der Waals surface area (Å²) in [5.41, 5.74) is 0.832. The molecule has 0 aliphatic rings. The summed E-state index contributed by atoms with van der Waals surface area (Å²) in [6.07, 6.45) is 1.59. The number of benzene rings is 1. The Morgan fingerprint density at radius 1 is 1.39 bits per heavy atom. The van der Waals surface area contributed by atoms with Crippen LogP contribution in [0.4, 0.5) is 0 Å². The molecule has 0 saturated carbocycles. The van der Waals surface area contributed by atoms with Crippen LogP contribution >= 0.6 is 22.6 Å². The molecule has 1 aromatic carbocycles. The van der Waals surface area contributed by atoms with Crippen molar-refractivity contribution in [1.29, 1.82) is 0 Å². The molecule has 0 bridgehead atoms. The Balaban J connectivity index is 2.47. The van der Waals surface area contributed by atoms with Gasteiger partial charge in [-0.15, -0.1) is 5.10 Å². The standard InChI is InChI=1S/C12H12IN3O2/c1-2-3-10-14-11(12(17)18)15-16(10)9-6-4-8(13)5-7-9/h4-7H,2-3H2,1H3,(H,17,18). The molecule has 0 aliphatic carbocycles. The predicted octanol–water partition coefficient (Wildman–Crippen LogP) is 2.52. The fourth-order valence-corrected chi connectivity index (χ4v) is 1.97. The molecule has 2 rings (SSSR count). The topological polar surface area (TPSA) is 68.0 Å². The van der Waals surface area contributed by atoms with Gasteiger partial charge in [-0.05, 0) is 53.3 Å². The van der Waals surface area contributed by atoms with Crippen LogP contribution in [-0.4, -0.2) is 25.8 Å². The second-order valence-electron chi connectivity index (χ2n) is 3.80. The Morgan fingerprint density at radius 2 is 2.06 bits per heavy atom. The van der Waals surface area contributed by atoms with Gasteiger partial charge in [-0.1, -0.05) is 6.92 Å². The molecule has 6 heteroatoms. The SMILES string of the molecule is CCCc1nc(C(=O)O)nn1-c1ccc(I)cc1. The average molecular weight is 357 g/mol. The van der Waals surface area contributed by atoms with E-state index >= 15 is 0 Å². The van der Waals surface area contributed by atoms with E-state index in [1.165, 1.54) is 0 Å². The van der Waals surface area contributed by atoms with Gasteiger partial charge in [-0.3, -0.25) is 0 Å². The van der Waals surface area contributed by atoms with E-state index in [9.17, 15) is 4.79 Å². The van der Waals surface area contributed by atoms with Gasteiger partial charge in [-0.25, -0.2) is 14.5 Å². The summed E-state index contributed by atoms with van der Waals surface area (Å²) in [5.74, 6) is -0.579. The normalized spacial score (nSPS) is 10.6. The highest BCUT2D eigenvalue weighted by molar-refractivity contribution is 14.1. The first-order valence-electron chi connectivity index (χ1n) is 5.57. The maximum absolute atomic E-state index is 10.9. The number of carboxylic acid groups (broad SMARTS) is 1. The predicted molar refractivity (Wildman–Crippen MR) is 75.0 cm³/mol. The quantitative estimate of drug-likeness (QED) is 0.854. The highest BCUT2D eigenvalue weighted by Gasteiger charge is 2.15. The Hall–Kier alpha value is -1.44. The zero-order valence-electron chi connectivity index (χ0n) is 9.80. The summed E-state index contributed by atoms with van der Waals surface area (Å²) in [5, 5.41) is 13.0. The number of rotatable bonds is 4. The van der Waals surface area contributed by atoms with E-state index < -0.39 is 5.97 Å². The van der Waals surface area contributed by atoms with Crippen LogP contribution in [0.3, 0.4) is 0 Å². The maximum atomic E-state index is 10.9. The minimum Gasteiger partial charge on any atom is -0.475 e. The van der Waals surface area contributed by atoms with Gasteiger partial charge < -0.3 is 5.11 Å². The highest BCUT2D eigenvalue weighted by atomic mass is 127. The zero-order chi connectivity index (χ0) is 13.1. The minimum absolute atomic E-state index is 0.156. The van der Waals surface area contributed by atoms with Gasteiger partial charge in [0.1, 0.15) is 5.82 Å². The Morgan fingerprint density at radius 3 is 2.61 bits per heavy atom. The van der Waals surface area contributed by atoms with Crippen molar-refractivity contribution >= 4 is 28.6 Å². The van der Waals surface area contributed by atoms with E-state index in [0.717, 1.165) is 15.7 Å². The number of halogens is 1. The number of hydrogen-bond donors (Lipinski definition) is 1. The van der Waals surface area contributed by atoms with E-state index in [1.54, 1.807) is 4.68 Å². The van der Waals surface area contributed by atoms with Gasteiger partial charge >= 0.3 is 5.97 Å². The summed E-state index contributed by atoms with van der Waals surface area (Å²) in [6.45, 7) is 2.02. The fraction of sp³-hybridized carbons (Fsp3) is 0.250. The third kappa shape index (κ3) is 2.69. The van der Waals surface area contributed by atoms with Crippen LogP contribution in [0.1, 0.15) is 29.8 Å². The molecule has 0 fully saturated rings. The van der Waals surface area contributed by atoms with Gasteiger partial charge in [0.15, 0.2) is 0 Å². The van der Waals surface area contributed by atoms with E-state index in [1.807, 2.05) is 31.2 Å². The summed E-state index contributed by atoms with van der Waals surface area (Å²) in [4.78, 5) is 15.0. The van der Waals surface area contributed by atoms with Crippen molar-refractivity contribution in [3.63, 3.8) is 0 Å². The zero-order valence-corrected chi connectivity index (χ0v) is 12.0. The number of carbonyl (C=O) groups is 1. The largest absolute Gasteiger partial charge is 0.475 e. The molecule has 0 atom stereocenters. The lowest BCUT2D eigenvalue weighted by atomic mass is 10.3. The number of aryl methyl sites for hydroxylation is 1. The molecule has 1 heterocycles. The Kier molecular flexibility index (Phi) is 3.95. The van der Waals surface area contributed by atoms with E-state index in [-0.39, 0.29) is 5.82 Å². The molecule has 5 nitrogen and oxygen atoms in total. The van der Waals surface area contributed by atoms with Crippen molar-refractivity contribution in [2.24, 2.45) is 0 Å². The van der Waals surface area contributed by atoms with Crippen LogP contribution in [0.15, 0.2) is 24.3 Å². The molecule has 1 aromatic heterocycles. The lowest BCUT2D eigenvalue weighted by Crippen LogP contribution is -2.03. The smallest absolute Gasteiger partial charge is 0.375 e. The van der Waals surface area contributed by atoms with Crippen molar-refractivity contribution in [1.82, 2.24) is 14.8 Å². The molecule has 0 spiro atoms. The second kappa shape index (κ2) is 5.47. The number of aromatic carboxylic acids is 1. The van der Waals surface area contributed by atoms with Crippen LogP contribution in [0, 0.1) is 3.57 Å². The molecule has 18 heavy (non-hydrogen) atoms. The van der Waals surface area contributed by atoms with Gasteiger partial charge in [0.25, 0.3) is 5.82 Å². The molecule has 0 saturated heterocycles. The summed E-state index contributed by atoms with van der Waals surface area (Å²) in [7, 11) is 0. The molecule has 1 N–H and O–H groups in total. The molecular formula is C12H12IN3O2. The van der Waals surface area contributed by atoms with Gasteiger partial charge in [0.05, 0.1) is 5.69 Å². The molecule has 0 radical (unpaired) electrons. The first kappa shape index (κ1) is 13.0. The summed E-state index contributed by atoms with van der Waals surface area (Å²) < 4.78 is 2.72. The molecule has 94 valence electrons. The van der Waals surface area contributed by atoms with Crippen LogP contribution < -0.4 is 0 Å². The third-order valence-electron chi connectivity index (χ3n) is 2.41. The first-order chi connectivity index (χ1) is 8.61. The number of hydrogen-bond acceptors (Lipinski definition) is 3. The van der Waals surface area contributed by atoms with Crippen molar-refractivity contribution in [2.75, 3.05) is 0 Å². The van der Waals surface area contributed by atoms with Gasteiger partial charge in [-0.2, -0.15) is 0 Å². The van der Waals surface area contributed by atoms with Gasteiger partial charge in [0, 0.05) is 9.99 Å². The molecule has 0 amide bonds. The number of nitrogens with zero attached hydrogens (tertiary/aromatic N) is 3.